The highest BCUT2D eigenvalue weighted by molar-refractivity contribution is 5.75. The predicted molar refractivity (Wildman–Crippen MR) is 105 cm³/mol. The van der Waals surface area contributed by atoms with Gasteiger partial charge in [0.2, 0.25) is 5.88 Å². The van der Waals surface area contributed by atoms with Crippen LogP contribution < -0.4 is 4.74 Å². The van der Waals surface area contributed by atoms with Gasteiger partial charge < -0.3 is 9.47 Å². The Bertz CT molecular complexity index is 1010. The molecule has 3 fully saturated rings. The Kier molecular flexibility index (Phi) is 4.92. The van der Waals surface area contributed by atoms with Crippen LogP contribution in [0.4, 0.5) is 13.2 Å². The van der Waals surface area contributed by atoms with Gasteiger partial charge in [-0.25, -0.2) is 4.79 Å². The summed E-state index contributed by atoms with van der Waals surface area (Å²) in [6.45, 7) is 1.13. The number of alkyl halides is 3. The predicted octanol–water partition coefficient (Wildman–Crippen LogP) is 3.62. The van der Waals surface area contributed by atoms with Crippen LogP contribution >= 0.6 is 0 Å². The molecule has 4 heterocycles. The van der Waals surface area contributed by atoms with E-state index in [0.717, 1.165) is 30.4 Å². The Balaban J connectivity index is 1.33. The maximum absolute atomic E-state index is 12.7. The summed E-state index contributed by atoms with van der Waals surface area (Å²) in [5.74, 6) is -2.02. The molecule has 4 aliphatic rings. The highest BCUT2D eigenvalue weighted by Gasteiger charge is 2.50. The lowest BCUT2D eigenvalue weighted by molar-refractivity contribution is -0.233. The minimum Gasteiger partial charge on any atom is -0.468 e. The maximum atomic E-state index is 12.7. The van der Waals surface area contributed by atoms with Gasteiger partial charge in [-0.1, -0.05) is 24.3 Å². The first-order valence-electron chi connectivity index (χ1n) is 10.2. The average Bonchev–Trinajstić information content (AvgIpc) is 3.24. The van der Waals surface area contributed by atoms with Gasteiger partial charge in [0.1, 0.15) is 0 Å². The number of carbonyl (C=O) groups is 1. The molecule has 0 N–H and O–H groups in total. The van der Waals surface area contributed by atoms with E-state index in [0.29, 0.717) is 18.8 Å². The van der Waals surface area contributed by atoms with Gasteiger partial charge in [0, 0.05) is 30.6 Å². The second-order valence-corrected chi connectivity index (χ2v) is 8.03. The van der Waals surface area contributed by atoms with Crippen LogP contribution in [0.1, 0.15) is 24.0 Å². The van der Waals surface area contributed by atoms with E-state index in [-0.39, 0.29) is 11.8 Å². The molecular formula is C22H20F3N3O3. The minimum absolute atomic E-state index is 0.0130. The molecule has 3 saturated heterocycles. The fourth-order valence-electron chi connectivity index (χ4n) is 4.50. The van der Waals surface area contributed by atoms with E-state index in [1.165, 1.54) is 5.56 Å². The minimum atomic E-state index is -5.05. The van der Waals surface area contributed by atoms with Crippen LogP contribution in [0.5, 0.6) is 5.88 Å². The summed E-state index contributed by atoms with van der Waals surface area (Å²) < 4.78 is 48.9. The molecule has 2 aromatic rings. The van der Waals surface area contributed by atoms with Crippen molar-refractivity contribution in [2.75, 3.05) is 13.1 Å². The van der Waals surface area contributed by atoms with Crippen LogP contribution in [-0.2, 0) is 16.0 Å². The van der Waals surface area contributed by atoms with Gasteiger partial charge in [-0.05, 0) is 42.5 Å². The average molecular weight is 431 g/mol. The molecule has 3 aliphatic heterocycles. The van der Waals surface area contributed by atoms with Gasteiger partial charge in [0.15, 0.2) is 12.3 Å². The zero-order chi connectivity index (χ0) is 21.6. The fourth-order valence-corrected chi connectivity index (χ4v) is 4.50. The van der Waals surface area contributed by atoms with Crippen LogP contribution in [0.15, 0.2) is 36.4 Å². The third-order valence-electron chi connectivity index (χ3n) is 6.11. The van der Waals surface area contributed by atoms with Crippen molar-refractivity contribution in [3.63, 3.8) is 0 Å². The lowest BCUT2D eigenvalue weighted by atomic mass is 9.84. The number of esters is 1. The third kappa shape index (κ3) is 3.89. The number of rotatable bonds is 4. The molecule has 6 nitrogen and oxygen atoms in total. The van der Waals surface area contributed by atoms with Gasteiger partial charge in [0.05, 0.1) is 5.69 Å². The van der Waals surface area contributed by atoms with Crippen LogP contribution in [0.25, 0.3) is 17.3 Å². The van der Waals surface area contributed by atoms with E-state index in [9.17, 15) is 18.0 Å². The molecule has 1 unspecified atom stereocenters. The molecule has 31 heavy (non-hydrogen) atoms. The second-order valence-electron chi connectivity index (χ2n) is 8.03. The molecule has 0 amide bonds. The van der Waals surface area contributed by atoms with E-state index in [1.54, 1.807) is 17.0 Å². The number of fused-ring (bicyclic) bond motifs is 4. The Morgan fingerprint density at radius 3 is 2.61 bits per heavy atom. The summed E-state index contributed by atoms with van der Waals surface area (Å²) in [4.78, 5) is 13.1. The molecule has 0 radical (unpaired) electrons. The number of allylic oxidation sites excluding steroid dienone is 1. The normalized spacial score (nSPS) is 26.5. The smallest absolute Gasteiger partial charge is 0.468 e. The lowest BCUT2D eigenvalue weighted by Gasteiger charge is -2.48. The van der Waals surface area contributed by atoms with Crippen molar-refractivity contribution in [1.29, 1.82) is 0 Å². The highest BCUT2D eigenvalue weighted by atomic mass is 19.4. The SMILES string of the molecule is O=C(OC1[C@H](Oc2ccc(-c3ccc4c(c3)C=CC4)nn2)C2CCN1CC2)C(F)(F)F. The first-order chi connectivity index (χ1) is 14.9. The topological polar surface area (TPSA) is 64.5 Å². The molecule has 9 heteroatoms. The van der Waals surface area contributed by atoms with Crippen molar-refractivity contribution in [1.82, 2.24) is 15.1 Å². The number of carbonyl (C=O) groups excluding carboxylic acids is 1. The van der Waals surface area contributed by atoms with Gasteiger partial charge >= 0.3 is 12.1 Å². The van der Waals surface area contributed by atoms with Crippen molar-refractivity contribution in [3.05, 3.63) is 47.5 Å². The van der Waals surface area contributed by atoms with E-state index in [2.05, 4.69) is 28.4 Å². The van der Waals surface area contributed by atoms with Crippen molar-refractivity contribution in [2.45, 2.75) is 37.8 Å². The Labute approximate surface area is 176 Å². The summed E-state index contributed by atoms with van der Waals surface area (Å²) in [6.07, 6.45) is -0.238. The second kappa shape index (κ2) is 7.64. The molecule has 162 valence electrons. The quantitative estimate of drug-likeness (QED) is 0.689. The molecule has 1 aliphatic carbocycles. The molecular weight excluding hydrogens is 411 g/mol. The molecule has 1 aromatic carbocycles. The first kappa shape index (κ1) is 20.0. The number of ether oxygens (including phenoxy) is 2. The molecule has 0 spiro atoms. The van der Waals surface area contributed by atoms with E-state index in [4.69, 9.17) is 9.47 Å². The van der Waals surface area contributed by atoms with Crippen molar-refractivity contribution >= 4 is 12.0 Å². The number of hydrogen-bond acceptors (Lipinski definition) is 6. The van der Waals surface area contributed by atoms with E-state index < -0.39 is 24.5 Å². The zero-order valence-electron chi connectivity index (χ0n) is 16.5. The first-order valence-corrected chi connectivity index (χ1v) is 10.2. The van der Waals surface area contributed by atoms with E-state index >= 15 is 0 Å². The number of hydrogen-bond donors (Lipinski definition) is 0. The number of halogens is 3. The summed E-state index contributed by atoms with van der Waals surface area (Å²) >= 11 is 0. The monoisotopic (exact) mass is 431 g/mol. The molecule has 1 aromatic heterocycles. The summed E-state index contributed by atoms with van der Waals surface area (Å²) in [6, 6.07) is 9.50. The fraction of sp³-hybridized carbons (Fsp3) is 0.409. The molecule has 2 bridgehead atoms. The van der Waals surface area contributed by atoms with Gasteiger partial charge in [-0.2, -0.15) is 13.2 Å². The van der Waals surface area contributed by atoms with Crippen molar-refractivity contribution < 1.29 is 27.4 Å². The van der Waals surface area contributed by atoms with Gasteiger partial charge in [0.25, 0.3) is 0 Å². The zero-order valence-corrected chi connectivity index (χ0v) is 16.5. The summed E-state index contributed by atoms with van der Waals surface area (Å²) in [5.41, 5.74) is 4.01. The Morgan fingerprint density at radius 1 is 1.10 bits per heavy atom. The maximum Gasteiger partial charge on any atom is 0.490 e. The molecule has 2 atom stereocenters. The molecule has 6 rings (SSSR count). The largest absolute Gasteiger partial charge is 0.490 e. The van der Waals surface area contributed by atoms with Crippen molar-refractivity contribution in [2.24, 2.45) is 5.92 Å². The number of benzene rings is 1. The number of piperidine rings is 3. The Hall–Kier alpha value is -2.94. The number of aromatic nitrogens is 2. The van der Waals surface area contributed by atoms with Gasteiger partial charge in [-0.3, -0.25) is 4.90 Å². The van der Waals surface area contributed by atoms with Crippen LogP contribution in [0.3, 0.4) is 0 Å². The van der Waals surface area contributed by atoms with E-state index in [1.807, 2.05) is 12.1 Å². The Morgan fingerprint density at radius 2 is 1.90 bits per heavy atom. The highest BCUT2D eigenvalue weighted by Crippen LogP contribution is 2.36. The van der Waals surface area contributed by atoms with Crippen LogP contribution in [0.2, 0.25) is 0 Å². The molecule has 0 saturated carbocycles. The summed E-state index contributed by atoms with van der Waals surface area (Å²) in [5, 5.41) is 8.34. The third-order valence-corrected chi connectivity index (χ3v) is 6.11. The standard InChI is InChI=1S/C22H20F3N3O3/c23-22(24,25)21(29)31-20-19(14-8-10-28(20)11-9-14)30-18-7-6-17(26-27-18)16-5-4-13-2-1-3-15(13)12-16/h1,3-7,12,14,19-20H,2,8-11H2/t19-,20?/m1/s1. The van der Waals surface area contributed by atoms with Crippen LogP contribution in [-0.4, -0.2) is 52.7 Å². The van der Waals surface area contributed by atoms with Crippen LogP contribution in [0, 0.1) is 5.92 Å². The lowest BCUT2D eigenvalue weighted by Crippen LogP contribution is -2.61. The number of nitrogens with zero attached hydrogens (tertiary/aromatic N) is 3. The summed E-state index contributed by atoms with van der Waals surface area (Å²) in [7, 11) is 0. The van der Waals surface area contributed by atoms with Gasteiger partial charge in [-0.15, -0.1) is 10.2 Å². The van der Waals surface area contributed by atoms with Crippen molar-refractivity contribution in [3.8, 4) is 17.1 Å².